The van der Waals surface area contributed by atoms with Gasteiger partial charge in [0.2, 0.25) is 0 Å². The highest BCUT2D eigenvalue weighted by molar-refractivity contribution is 7.99. The van der Waals surface area contributed by atoms with Gasteiger partial charge in [-0.1, -0.05) is 25.6 Å². The second-order valence-electron chi connectivity index (χ2n) is 4.73. The molecule has 1 heterocycles. The van der Waals surface area contributed by atoms with E-state index in [1.807, 2.05) is 19.1 Å². The van der Waals surface area contributed by atoms with Crippen molar-refractivity contribution in [2.75, 3.05) is 0 Å². The van der Waals surface area contributed by atoms with Gasteiger partial charge >= 0.3 is 0 Å². The van der Waals surface area contributed by atoms with Crippen LogP contribution in [0.15, 0.2) is 44.7 Å². The smallest absolute Gasteiger partial charge is 0.123 e. The summed E-state index contributed by atoms with van der Waals surface area (Å²) in [5.74, 6) is 0.686. The van der Waals surface area contributed by atoms with Gasteiger partial charge < -0.3 is 9.73 Å². The molecule has 1 aromatic carbocycles. The first-order valence-electron chi connectivity index (χ1n) is 6.30. The van der Waals surface area contributed by atoms with Crippen molar-refractivity contribution in [3.8, 4) is 0 Å². The van der Waals surface area contributed by atoms with Crippen LogP contribution in [0.4, 0.5) is 4.39 Å². The van der Waals surface area contributed by atoms with Crippen molar-refractivity contribution < 1.29 is 8.81 Å². The van der Waals surface area contributed by atoms with E-state index in [1.54, 1.807) is 24.1 Å². The summed E-state index contributed by atoms with van der Waals surface area (Å²) >= 11 is 1.61. The summed E-state index contributed by atoms with van der Waals surface area (Å²) in [6.45, 7) is 6.74. The molecule has 0 bridgehead atoms. The maximum atomic E-state index is 13.4. The molecule has 2 rings (SSSR count). The van der Waals surface area contributed by atoms with Crippen LogP contribution in [-0.4, -0.2) is 6.04 Å². The molecule has 0 aliphatic heterocycles. The summed E-state index contributed by atoms with van der Waals surface area (Å²) < 4.78 is 18.7. The zero-order chi connectivity index (χ0) is 13.8. The highest BCUT2D eigenvalue weighted by Crippen LogP contribution is 2.33. The van der Waals surface area contributed by atoms with Gasteiger partial charge in [0.05, 0.1) is 11.2 Å². The van der Waals surface area contributed by atoms with E-state index in [0.717, 1.165) is 21.1 Å². The van der Waals surface area contributed by atoms with Gasteiger partial charge in [-0.3, -0.25) is 0 Å². The fourth-order valence-electron chi connectivity index (χ4n) is 1.70. The number of halogens is 1. The third-order valence-corrected chi connectivity index (χ3v) is 4.02. The molecule has 0 aliphatic carbocycles. The van der Waals surface area contributed by atoms with Crippen LogP contribution in [0.5, 0.6) is 0 Å². The zero-order valence-electron chi connectivity index (χ0n) is 11.4. The Labute approximate surface area is 117 Å². The van der Waals surface area contributed by atoms with E-state index >= 15 is 0 Å². The van der Waals surface area contributed by atoms with Crippen molar-refractivity contribution in [1.82, 2.24) is 5.32 Å². The molecule has 1 aromatic heterocycles. The van der Waals surface area contributed by atoms with Crippen LogP contribution in [-0.2, 0) is 6.54 Å². The van der Waals surface area contributed by atoms with Crippen molar-refractivity contribution in [1.29, 1.82) is 0 Å². The van der Waals surface area contributed by atoms with Crippen LogP contribution in [0, 0.1) is 12.7 Å². The lowest BCUT2D eigenvalue weighted by molar-refractivity contribution is 0.527. The van der Waals surface area contributed by atoms with Crippen LogP contribution in [0.3, 0.4) is 0 Å². The molecule has 0 spiro atoms. The van der Waals surface area contributed by atoms with Gasteiger partial charge in [0.25, 0.3) is 0 Å². The van der Waals surface area contributed by atoms with Gasteiger partial charge in [0.15, 0.2) is 0 Å². The molecule has 4 heteroatoms. The molecule has 0 fully saturated rings. The highest BCUT2D eigenvalue weighted by atomic mass is 32.2. The third-order valence-electron chi connectivity index (χ3n) is 2.75. The number of furan rings is 1. The second kappa shape index (κ2) is 6.26. The number of aryl methyl sites for hydroxylation is 1. The molecule has 0 unspecified atom stereocenters. The average molecular weight is 279 g/mol. The Hall–Kier alpha value is -1.26. The standard InChI is InChI=1S/C15H18FNOS/c1-10(2)17-9-12-8-13(16)4-5-15(12)19-14-6-7-18-11(14)3/h4-8,10,17H,9H2,1-3H3. The van der Waals surface area contributed by atoms with Gasteiger partial charge in [-0.25, -0.2) is 4.39 Å². The first kappa shape index (κ1) is 14.2. The van der Waals surface area contributed by atoms with E-state index in [1.165, 1.54) is 6.07 Å². The van der Waals surface area contributed by atoms with E-state index < -0.39 is 0 Å². The summed E-state index contributed by atoms with van der Waals surface area (Å²) in [6.07, 6.45) is 1.67. The van der Waals surface area contributed by atoms with E-state index in [2.05, 4.69) is 19.2 Å². The predicted octanol–water partition coefficient (Wildman–Crippen LogP) is 4.38. The van der Waals surface area contributed by atoms with Crippen molar-refractivity contribution in [3.05, 3.63) is 47.7 Å². The first-order valence-corrected chi connectivity index (χ1v) is 7.11. The quantitative estimate of drug-likeness (QED) is 0.879. The molecule has 0 radical (unpaired) electrons. The van der Waals surface area contributed by atoms with Crippen molar-refractivity contribution in [3.63, 3.8) is 0 Å². The maximum absolute atomic E-state index is 13.4. The second-order valence-corrected chi connectivity index (χ2v) is 5.81. The minimum absolute atomic E-state index is 0.200. The first-order chi connectivity index (χ1) is 9.06. The van der Waals surface area contributed by atoms with E-state index in [-0.39, 0.29) is 5.82 Å². The molecule has 102 valence electrons. The van der Waals surface area contributed by atoms with Crippen LogP contribution in [0.2, 0.25) is 0 Å². The minimum Gasteiger partial charge on any atom is -0.468 e. The average Bonchev–Trinajstić information content (AvgIpc) is 2.75. The van der Waals surface area contributed by atoms with Gasteiger partial charge in [-0.15, -0.1) is 0 Å². The van der Waals surface area contributed by atoms with Gasteiger partial charge in [0.1, 0.15) is 11.6 Å². The molecule has 0 amide bonds. The van der Waals surface area contributed by atoms with E-state index in [0.29, 0.717) is 12.6 Å². The Morgan fingerprint density at radius 2 is 2.05 bits per heavy atom. The Bertz CT molecular complexity index is 551. The van der Waals surface area contributed by atoms with Crippen LogP contribution >= 0.6 is 11.8 Å². The molecular weight excluding hydrogens is 261 g/mol. The molecule has 0 saturated heterocycles. The predicted molar refractivity (Wildman–Crippen MR) is 75.9 cm³/mol. The normalized spacial score (nSPS) is 11.2. The summed E-state index contributed by atoms with van der Waals surface area (Å²) in [4.78, 5) is 2.12. The lowest BCUT2D eigenvalue weighted by atomic mass is 10.2. The van der Waals surface area contributed by atoms with Crippen molar-refractivity contribution in [2.24, 2.45) is 0 Å². The van der Waals surface area contributed by atoms with Crippen LogP contribution in [0.25, 0.3) is 0 Å². The molecule has 1 N–H and O–H groups in total. The highest BCUT2D eigenvalue weighted by Gasteiger charge is 2.09. The molecule has 0 aliphatic rings. The maximum Gasteiger partial charge on any atom is 0.123 e. The fourth-order valence-corrected chi connectivity index (χ4v) is 2.65. The summed E-state index contributed by atoms with van der Waals surface area (Å²) in [5, 5.41) is 3.32. The lowest BCUT2D eigenvalue weighted by Gasteiger charge is -2.12. The lowest BCUT2D eigenvalue weighted by Crippen LogP contribution is -2.22. The SMILES string of the molecule is Cc1occc1Sc1ccc(F)cc1CNC(C)C. The summed E-state index contributed by atoms with van der Waals surface area (Å²) in [5.41, 5.74) is 0.972. The molecule has 2 aromatic rings. The Kier molecular flexibility index (Phi) is 4.66. The topological polar surface area (TPSA) is 25.2 Å². The Morgan fingerprint density at radius 3 is 2.68 bits per heavy atom. The van der Waals surface area contributed by atoms with Crippen LogP contribution in [0.1, 0.15) is 25.2 Å². The number of hydrogen-bond donors (Lipinski definition) is 1. The summed E-state index contributed by atoms with van der Waals surface area (Å²) in [6, 6.07) is 7.22. The van der Waals surface area contributed by atoms with Gasteiger partial charge in [-0.05, 0) is 36.8 Å². The fraction of sp³-hybridized carbons (Fsp3) is 0.333. The van der Waals surface area contributed by atoms with E-state index in [9.17, 15) is 4.39 Å². The minimum atomic E-state index is -0.200. The number of nitrogens with one attached hydrogen (secondary N) is 1. The Morgan fingerprint density at radius 1 is 1.26 bits per heavy atom. The molecule has 19 heavy (non-hydrogen) atoms. The van der Waals surface area contributed by atoms with E-state index in [4.69, 9.17) is 4.42 Å². The molecule has 2 nitrogen and oxygen atoms in total. The zero-order valence-corrected chi connectivity index (χ0v) is 12.2. The Balaban J connectivity index is 2.21. The third kappa shape index (κ3) is 3.85. The van der Waals surface area contributed by atoms with Crippen molar-refractivity contribution >= 4 is 11.8 Å². The van der Waals surface area contributed by atoms with Crippen molar-refractivity contribution in [2.45, 2.75) is 43.1 Å². The van der Waals surface area contributed by atoms with Crippen LogP contribution < -0.4 is 5.32 Å². The molecule has 0 saturated carbocycles. The van der Waals surface area contributed by atoms with Gasteiger partial charge in [-0.2, -0.15) is 0 Å². The van der Waals surface area contributed by atoms with Gasteiger partial charge in [0, 0.05) is 17.5 Å². The number of benzene rings is 1. The largest absolute Gasteiger partial charge is 0.468 e. The molecule has 0 atom stereocenters. The molecular formula is C15H18FNOS. The number of hydrogen-bond acceptors (Lipinski definition) is 3. The monoisotopic (exact) mass is 279 g/mol. The number of rotatable bonds is 5. The summed E-state index contributed by atoms with van der Waals surface area (Å²) in [7, 11) is 0.